The number of nitrogens with zero attached hydrogens (tertiary/aromatic N) is 2. The Morgan fingerprint density at radius 1 is 1.08 bits per heavy atom. The molecule has 0 bridgehead atoms. The van der Waals surface area contributed by atoms with Gasteiger partial charge in [0, 0.05) is 24.2 Å². The summed E-state index contributed by atoms with van der Waals surface area (Å²) in [6.45, 7) is 5.87. The lowest BCUT2D eigenvalue weighted by atomic mass is 10.0. The fourth-order valence-electron chi connectivity index (χ4n) is 2.33. The predicted octanol–water partition coefficient (Wildman–Crippen LogP) is 3.84. The predicted molar refractivity (Wildman–Crippen MR) is 103 cm³/mol. The monoisotopic (exact) mass is 346 g/mol. The van der Waals surface area contributed by atoms with E-state index in [1.807, 2.05) is 31.3 Å². The van der Waals surface area contributed by atoms with E-state index in [0.717, 1.165) is 13.1 Å². The zero-order valence-electron chi connectivity index (χ0n) is 14.9. The molecule has 0 aliphatic rings. The Hall–Kier alpha value is -3.16. The highest BCUT2D eigenvalue weighted by molar-refractivity contribution is 6.09. The topological polar surface area (TPSA) is 53.3 Å². The van der Waals surface area contributed by atoms with Gasteiger partial charge in [0.15, 0.2) is 5.78 Å². The number of benzene rings is 2. The quantitative estimate of drug-likeness (QED) is 0.511. The molecule has 2 rings (SSSR count). The van der Waals surface area contributed by atoms with Crippen molar-refractivity contribution in [2.75, 3.05) is 26.7 Å². The summed E-state index contributed by atoms with van der Waals surface area (Å²) >= 11 is 0. The lowest BCUT2D eigenvalue weighted by molar-refractivity contribution is 0.103. The maximum Gasteiger partial charge on any atom is 0.193 e. The first-order chi connectivity index (χ1) is 12.6. The summed E-state index contributed by atoms with van der Waals surface area (Å²) in [5.74, 6) is 0.636. The van der Waals surface area contributed by atoms with Crippen molar-refractivity contribution in [3.05, 3.63) is 90.0 Å². The van der Waals surface area contributed by atoms with Gasteiger partial charge in [-0.05, 0) is 55.6 Å². The van der Waals surface area contributed by atoms with Crippen molar-refractivity contribution in [2.24, 2.45) is 0 Å². The number of rotatable bonds is 9. The molecule has 132 valence electrons. The van der Waals surface area contributed by atoms with Crippen LogP contribution in [-0.4, -0.2) is 37.4 Å². The minimum atomic E-state index is -0.0776. The Morgan fingerprint density at radius 3 is 2.27 bits per heavy atom. The molecule has 0 N–H and O–H groups in total. The van der Waals surface area contributed by atoms with Crippen molar-refractivity contribution >= 4 is 5.78 Å². The number of ether oxygens (including phenoxy) is 1. The second-order valence-electron chi connectivity index (χ2n) is 5.83. The standard InChI is InChI=1S/C22H22N2O2/c1-3-14-24(2)15-4-5-16-26-21-12-10-20(11-13-21)22(25)19-8-6-18(17-23)7-9-19/h3-13H,1,14-16H2,2H3. The van der Waals surface area contributed by atoms with E-state index in [4.69, 9.17) is 10.00 Å². The normalized spacial score (nSPS) is 10.7. The first-order valence-electron chi connectivity index (χ1n) is 8.36. The van der Waals surface area contributed by atoms with E-state index in [1.165, 1.54) is 0 Å². The summed E-state index contributed by atoms with van der Waals surface area (Å²) < 4.78 is 5.65. The van der Waals surface area contributed by atoms with Crippen molar-refractivity contribution in [3.8, 4) is 11.8 Å². The van der Waals surface area contributed by atoms with Crippen LogP contribution in [0.3, 0.4) is 0 Å². The lowest BCUT2D eigenvalue weighted by Crippen LogP contribution is -2.17. The molecular formula is C22H22N2O2. The van der Waals surface area contributed by atoms with Gasteiger partial charge in [0.2, 0.25) is 0 Å². The van der Waals surface area contributed by atoms with Crippen molar-refractivity contribution < 1.29 is 9.53 Å². The third-order valence-electron chi connectivity index (χ3n) is 3.76. The Labute approximate surface area is 154 Å². The van der Waals surface area contributed by atoms with Crippen LogP contribution in [0.25, 0.3) is 0 Å². The van der Waals surface area contributed by atoms with Crippen molar-refractivity contribution in [1.29, 1.82) is 5.26 Å². The summed E-state index contributed by atoms with van der Waals surface area (Å²) in [4.78, 5) is 14.6. The zero-order chi connectivity index (χ0) is 18.8. The average Bonchev–Trinajstić information content (AvgIpc) is 2.68. The molecule has 0 aliphatic carbocycles. The van der Waals surface area contributed by atoms with Gasteiger partial charge < -0.3 is 4.74 Å². The average molecular weight is 346 g/mol. The molecule has 2 aromatic rings. The number of ketones is 1. The minimum Gasteiger partial charge on any atom is -0.490 e. The fraction of sp³-hybridized carbons (Fsp3) is 0.182. The molecule has 0 radical (unpaired) electrons. The van der Waals surface area contributed by atoms with Gasteiger partial charge >= 0.3 is 0 Å². The highest BCUT2D eigenvalue weighted by Gasteiger charge is 2.09. The second-order valence-corrected chi connectivity index (χ2v) is 5.83. The molecule has 26 heavy (non-hydrogen) atoms. The fourth-order valence-corrected chi connectivity index (χ4v) is 2.33. The van der Waals surface area contributed by atoms with Gasteiger partial charge in [-0.1, -0.05) is 18.2 Å². The van der Waals surface area contributed by atoms with Crippen molar-refractivity contribution in [2.45, 2.75) is 0 Å². The summed E-state index contributed by atoms with van der Waals surface area (Å²) in [6, 6.07) is 15.7. The number of carbonyl (C=O) groups excluding carboxylic acids is 1. The van der Waals surface area contributed by atoms with Crippen LogP contribution in [0, 0.1) is 11.3 Å². The number of nitriles is 1. The zero-order valence-corrected chi connectivity index (χ0v) is 14.9. The highest BCUT2D eigenvalue weighted by atomic mass is 16.5. The molecule has 0 fully saturated rings. The van der Waals surface area contributed by atoms with Crippen LogP contribution in [0.1, 0.15) is 21.5 Å². The van der Waals surface area contributed by atoms with Crippen molar-refractivity contribution in [3.63, 3.8) is 0 Å². The maximum atomic E-state index is 12.4. The van der Waals surface area contributed by atoms with Gasteiger partial charge in [0.05, 0.1) is 11.6 Å². The SMILES string of the molecule is C=CCN(C)CC=CCOc1ccc(C(=O)c2ccc(C#N)cc2)cc1. The van der Waals surface area contributed by atoms with E-state index in [1.54, 1.807) is 48.5 Å². The van der Waals surface area contributed by atoms with E-state index in [9.17, 15) is 4.79 Å². The molecule has 0 aromatic heterocycles. The van der Waals surface area contributed by atoms with Crippen LogP contribution >= 0.6 is 0 Å². The summed E-state index contributed by atoms with van der Waals surface area (Å²) in [6.07, 6.45) is 5.88. The number of likely N-dealkylation sites (N-methyl/N-ethyl adjacent to an activating group) is 1. The third-order valence-corrected chi connectivity index (χ3v) is 3.76. The number of hydrogen-bond acceptors (Lipinski definition) is 4. The van der Waals surface area contributed by atoms with Crippen LogP contribution in [0.4, 0.5) is 0 Å². The molecule has 0 amide bonds. The van der Waals surface area contributed by atoms with Gasteiger partial charge in [-0.3, -0.25) is 9.69 Å². The smallest absolute Gasteiger partial charge is 0.193 e. The summed E-state index contributed by atoms with van der Waals surface area (Å²) in [5.41, 5.74) is 1.68. The third kappa shape index (κ3) is 5.73. The van der Waals surface area contributed by atoms with Gasteiger partial charge in [0.25, 0.3) is 0 Å². The van der Waals surface area contributed by atoms with E-state index < -0.39 is 0 Å². The molecule has 0 atom stereocenters. The molecule has 4 nitrogen and oxygen atoms in total. The van der Waals surface area contributed by atoms with Crippen LogP contribution in [0.15, 0.2) is 73.3 Å². The molecule has 0 saturated carbocycles. The maximum absolute atomic E-state index is 12.4. The second kappa shape index (κ2) is 9.97. The molecular weight excluding hydrogens is 324 g/mol. The minimum absolute atomic E-state index is 0.0776. The molecule has 0 saturated heterocycles. The Morgan fingerprint density at radius 2 is 1.69 bits per heavy atom. The molecule has 4 heteroatoms. The Balaban J connectivity index is 1.87. The van der Waals surface area contributed by atoms with E-state index in [0.29, 0.717) is 29.0 Å². The van der Waals surface area contributed by atoms with Gasteiger partial charge in [-0.25, -0.2) is 0 Å². The van der Waals surface area contributed by atoms with Gasteiger partial charge in [-0.2, -0.15) is 5.26 Å². The Bertz CT molecular complexity index is 800. The van der Waals surface area contributed by atoms with Crippen LogP contribution in [-0.2, 0) is 0 Å². The van der Waals surface area contributed by atoms with Crippen molar-refractivity contribution in [1.82, 2.24) is 4.90 Å². The molecule has 0 aliphatic heterocycles. The molecule has 0 spiro atoms. The first-order valence-corrected chi connectivity index (χ1v) is 8.36. The van der Waals surface area contributed by atoms with E-state index >= 15 is 0 Å². The van der Waals surface area contributed by atoms with Crippen LogP contribution < -0.4 is 4.74 Å². The van der Waals surface area contributed by atoms with E-state index in [-0.39, 0.29) is 5.78 Å². The lowest BCUT2D eigenvalue weighted by Gasteiger charge is -2.10. The van der Waals surface area contributed by atoms with Gasteiger partial charge in [-0.15, -0.1) is 6.58 Å². The number of hydrogen-bond donors (Lipinski definition) is 0. The van der Waals surface area contributed by atoms with Crippen LogP contribution in [0.5, 0.6) is 5.75 Å². The highest BCUT2D eigenvalue weighted by Crippen LogP contribution is 2.16. The Kier molecular flexibility index (Phi) is 7.35. The number of carbonyl (C=O) groups is 1. The molecule has 2 aromatic carbocycles. The summed E-state index contributed by atoms with van der Waals surface area (Å²) in [5, 5.41) is 8.81. The van der Waals surface area contributed by atoms with Crippen LogP contribution in [0.2, 0.25) is 0 Å². The first kappa shape index (κ1) is 19.2. The van der Waals surface area contributed by atoms with Gasteiger partial charge in [0.1, 0.15) is 12.4 Å². The molecule has 0 heterocycles. The van der Waals surface area contributed by atoms with E-state index in [2.05, 4.69) is 11.5 Å². The summed E-state index contributed by atoms with van der Waals surface area (Å²) in [7, 11) is 2.02. The largest absolute Gasteiger partial charge is 0.490 e. The molecule has 0 unspecified atom stereocenters.